The molecule has 0 spiro atoms. The van der Waals surface area contributed by atoms with Crippen molar-refractivity contribution in [3.8, 4) is 17.2 Å². The lowest BCUT2D eigenvalue weighted by Gasteiger charge is -2.33. The smallest absolute Gasteiger partial charge is 0.130 e. The van der Waals surface area contributed by atoms with Crippen LogP contribution in [0.1, 0.15) is 25.8 Å². The molecule has 0 aromatic heterocycles. The van der Waals surface area contributed by atoms with Crippen molar-refractivity contribution in [3.63, 3.8) is 0 Å². The van der Waals surface area contributed by atoms with Gasteiger partial charge in [-0.3, -0.25) is 0 Å². The second-order valence-electron chi connectivity index (χ2n) is 4.67. The van der Waals surface area contributed by atoms with Crippen LogP contribution in [-0.4, -0.2) is 19.8 Å². The van der Waals surface area contributed by atoms with E-state index in [0.717, 1.165) is 35.7 Å². The first-order chi connectivity index (χ1) is 7.55. The van der Waals surface area contributed by atoms with Gasteiger partial charge in [-0.25, -0.2) is 0 Å². The van der Waals surface area contributed by atoms with Gasteiger partial charge in [-0.05, 0) is 26.7 Å². The van der Waals surface area contributed by atoms with Crippen molar-refractivity contribution < 1.29 is 14.2 Å². The summed E-state index contributed by atoms with van der Waals surface area (Å²) >= 11 is 0. The molecule has 0 amide bonds. The molecule has 88 valence electrons. The molecule has 3 nitrogen and oxygen atoms in total. The maximum absolute atomic E-state index is 5.94. The van der Waals surface area contributed by atoms with Crippen LogP contribution in [0, 0.1) is 0 Å². The van der Waals surface area contributed by atoms with Crippen LogP contribution in [0.3, 0.4) is 0 Å². The van der Waals surface area contributed by atoms with Crippen molar-refractivity contribution >= 4 is 0 Å². The Morgan fingerprint density at radius 3 is 2.56 bits per heavy atom. The van der Waals surface area contributed by atoms with E-state index < -0.39 is 0 Å². The van der Waals surface area contributed by atoms with Gasteiger partial charge in [0.2, 0.25) is 0 Å². The third kappa shape index (κ3) is 1.94. The van der Waals surface area contributed by atoms with E-state index in [-0.39, 0.29) is 5.60 Å². The van der Waals surface area contributed by atoms with Crippen molar-refractivity contribution in [3.05, 3.63) is 17.7 Å². The second-order valence-corrected chi connectivity index (χ2v) is 4.67. The highest BCUT2D eigenvalue weighted by Crippen LogP contribution is 2.41. The zero-order valence-electron chi connectivity index (χ0n) is 10.3. The van der Waals surface area contributed by atoms with E-state index in [1.807, 2.05) is 12.1 Å². The SMILES string of the molecule is COc1cc(OC)c2c(c1)OC(C)(C)CC2. The van der Waals surface area contributed by atoms with Gasteiger partial charge in [-0.15, -0.1) is 0 Å². The lowest BCUT2D eigenvalue weighted by atomic mass is 9.93. The van der Waals surface area contributed by atoms with Gasteiger partial charge in [-0.2, -0.15) is 0 Å². The molecular formula is C13H18O3. The summed E-state index contributed by atoms with van der Waals surface area (Å²) < 4.78 is 16.5. The first-order valence-electron chi connectivity index (χ1n) is 5.49. The number of rotatable bonds is 2. The van der Waals surface area contributed by atoms with Crippen LogP contribution in [0.5, 0.6) is 17.2 Å². The summed E-state index contributed by atoms with van der Waals surface area (Å²) in [5.41, 5.74) is 1.03. The molecule has 1 aromatic rings. The topological polar surface area (TPSA) is 27.7 Å². The molecule has 0 saturated heterocycles. The highest BCUT2D eigenvalue weighted by atomic mass is 16.5. The highest BCUT2D eigenvalue weighted by molar-refractivity contribution is 5.52. The summed E-state index contributed by atoms with van der Waals surface area (Å²) in [4.78, 5) is 0. The van der Waals surface area contributed by atoms with Crippen LogP contribution in [-0.2, 0) is 6.42 Å². The van der Waals surface area contributed by atoms with E-state index in [9.17, 15) is 0 Å². The van der Waals surface area contributed by atoms with Gasteiger partial charge >= 0.3 is 0 Å². The number of fused-ring (bicyclic) bond motifs is 1. The van der Waals surface area contributed by atoms with E-state index in [4.69, 9.17) is 14.2 Å². The van der Waals surface area contributed by atoms with Gasteiger partial charge in [0.15, 0.2) is 0 Å². The van der Waals surface area contributed by atoms with Gasteiger partial charge in [0.1, 0.15) is 22.8 Å². The lowest BCUT2D eigenvalue weighted by molar-refractivity contribution is 0.0832. The number of ether oxygens (including phenoxy) is 3. The van der Waals surface area contributed by atoms with Gasteiger partial charge < -0.3 is 14.2 Å². The Morgan fingerprint density at radius 2 is 1.94 bits per heavy atom. The molecule has 0 saturated carbocycles. The molecular weight excluding hydrogens is 204 g/mol. The first kappa shape index (κ1) is 11.1. The third-order valence-corrected chi connectivity index (χ3v) is 2.96. The molecule has 1 aliphatic heterocycles. The Hall–Kier alpha value is -1.38. The number of hydrogen-bond acceptors (Lipinski definition) is 3. The quantitative estimate of drug-likeness (QED) is 0.770. The number of methoxy groups -OCH3 is 2. The number of benzene rings is 1. The summed E-state index contributed by atoms with van der Waals surface area (Å²) in [6.45, 7) is 4.20. The predicted molar refractivity (Wildman–Crippen MR) is 62.6 cm³/mol. The number of hydrogen-bond donors (Lipinski definition) is 0. The molecule has 0 fully saturated rings. The molecule has 1 heterocycles. The van der Waals surface area contributed by atoms with E-state index in [1.54, 1.807) is 14.2 Å². The van der Waals surface area contributed by atoms with Gasteiger partial charge in [0.05, 0.1) is 14.2 Å². The Labute approximate surface area is 96.3 Å². The molecule has 1 aliphatic rings. The standard InChI is InChI=1S/C13H18O3/c1-13(2)6-5-10-11(15-4)7-9(14-3)8-12(10)16-13/h7-8H,5-6H2,1-4H3. The van der Waals surface area contributed by atoms with Gasteiger partial charge in [0.25, 0.3) is 0 Å². The van der Waals surface area contributed by atoms with Gasteiger partial charge in [-0.1, -0.05) is 0 Å². The Morgan fingerprint density at radius 1 is 1.19 bits per heavy atom. The summed E-state index contributed by atoms with van der Waals surface area (Å²) in [6, 6.07) is 3.83. The second kappa shape index (κ2) is 3.89. The minimum absolute atomic E-state index is 0.107. The van der Waals surface area contributed by atoms with E-state index in [0.29, 0.717) is 0 Å². The largest absolute Gasteiger partial charge is 0.496 e. The van der Waals surface area contributed by atoms with E-state index in [2.05, 4.69) is 13.8 Å². The Balaban J connectivity index is 2.46. The minimum atomic E-state index is -0.107. The molecule has 0 radical (unpaired) electrons. The zero-order valence-corrected chi connectivity index (χ0v) is 10.3. The molecule has 0 N–H and O–H groups in total. The third-order valence-electron chi connectivity index (χ3n) is 2.96. The molecule has 0 atom stereocenters. The average molecular weight is 222 g/mol. The summed E-state index contributed by atoms with van der Waals surface area (Å²) in [5, 5.41) is 0. The molecule has 3 heteroatoms. The fraction of sp³-hybridized carbons (Fsp3) is 0.538. The molecule has 0 bridgehead atoms. The van der Waals surface area contributed by atoms with Crippen molar-refractivity contribution in [2.24, 2.45) is 0 Å². The highest BCUT2D eigenvalue weighted by Gasteiger charge is 2.29. The van der Waals surface area contributed by atoms with Crippen molar-refractivity contribution in [1.29, 1.82) is 0 Å². The van der Waals surface area contributed by atoms with E-state index in [1.165, 1.54) is 0 Å². The monoisotopic (exact) mass is 222 g/mol. The Bertz CT molecular complexity index is 396. The van der Waals surface area contributed by atoms with Gasteiger partial charge in [0, 0.05) is 17.7 Å². The maximum atomic E-state index is 5.94. The average Bonchev–Trinajstić information content (AvgIpc) is 2.25. The first-order valence-corrected chi connectivity index (χ1v) is 5.49. The zero-order chi connectivity index (χ0) is 11.8. The lowest BCUT2D eigenvalue weighted by Crippen LogP contribution is -2.32. The molecule has 2 rings (SSSR count). The molecule has 1 aromatic carbocycles. The van der Waals surface area contributed by atoms with Crippen LogP contribution in [0.4, 0.5) is 0 Å². The van der Waals surface area contributed by atoms with Crippen molar-refractivity contribution in [1.82, 2.24) is 0 Å². The van der Waals surface area contributed by atoms with Crippen molar-refractivity contribution in [2.45, 2.75) is 32.3 Å². The predicted octanol–water partition coefficient (Wildman–Crippen LogP) is 2.81. The fourth-order valence-electron chi connectivity index (χ4n) is 2.01. The summed E-state index contributed by atoms with van der Waals surface area (Å²) in [6.07, 6.45) is 1.98. The van der Waals surface area contributed by atoms with Crippen molar-refractivity contribution in [2.75, 3.05) is 14.2 Å². The Kier molecular flexibility index (Phi) is 2.70. The van der Waals surface area contributed by atoms with Crippen LogP contribution < -0.4 is 14.2 Å². The van der Waals surface area contributed by atoms with E-state index >= 15 is 0 Å². The van der Waals surface area contributed by atoms with Crippen LogP contribution in [0.15, 0.2) is 12.1 Å². The summed E-state index contributed by atoms with van der Waals surface area (Å²) in [5.74, 6) is 2.51. The summed E-state index contributed by atoms with van der Waals surface area (Å²) in [7, 11) is 3.32. The molecule has 16 heavy (non-hydrogen) atoms. The van der Waals surface area contributed by atoms with Crippen LogP contribution in [0.2, 0.25) is 0 Å². The van der Waals surface area contributed by atoms with Crippen LogP contribution >= 0.6 is 0 Å². The van der Waals surface area contributed by atoms with Crippen LogP contribution in [0.25, 0.3) is 0 Å². The normalized spacial score (nSPS) is 17.2. The maximum Gasteiger partial charge on any atom is 0.130 e. The molecule has 0 unspecified atom stereocenters. The minimum Gasteiger partial charge on any atom is -0.496 e. The molecule has 0 aliphatic carbocycles. The fourth-order valence-corrected chi connectivity index (χ4v) is 2.01.